The highest BCUT2D eigenvalue weighted by atomic mass is 16.5. The lowest BCUT2D eigenvalue weighted by molar-refractivity contribution is -0.117. The molecule has 1 aliphatic rings. The van der Waals surface area contributed by atoms with Crippen LogP contribution in [0.4, 0.5) is 5.69 Å². The summed E-state index contributed by atoms with van der Waals surface area (Å²) in [5.41, 5.74) is 2.85. The van der Waals surface area contributed by atoms with Gasteiger partial charge in [0.25, 0.3) is 0 Å². The second-order valence-corrected chi connectivity index (χ2v) is 6.88. The quantitative estimate of drug-likeness (QED) is 0.672. The van der Waals surface area contributed by atoms with Crippen molar-refractivity contribution in [1.82, 2.24) is 0 Å². The van der Waals surface area contributed by atoms with Crippen molar-refractivity contribution in [3.8, 4) is 5.75 Å². The number of para-hydroxylation sites is 2. The van der Waals surface area contributed by atoms with Crippen LogP contribution in [0.25, 0.3) is 0 Å². The highest BCUT2D eigenvalue weighted by molar-refractivity contribution is 5.98. The van der Waals surface area contributed by atoms with Crippen molar-refractivity contribution in [3.05, 3.63) is 96.1 Å². The van der Waals surface area contributed by atoms with Crippen LogP contribution < -0.4 is 10.1 Å². The summed E-state index contributed by atoms with van der Waals surface area (Å²) in [5.74, 6) is 0.644. The van der Waals surface area contributed by atoms with Crippen molar-refractivity contribution >= 4 is 11.6 Å². The Kier molecular flexibility index (Phi) is 4.68. The van der Waals surface area contributed by atoms with Crippen LogP contribution in [0.1, 0.15) is 24.5 Å². The van der Waals surface area contributed by atoms with Gasteiger partial charge in [0.05, 0.1) is 18.2 Å². The fourth-order valence-corrected chi connectivity index (χ4v) is 3.93. The zero-order valence-corrected chi connectivity index (χ0v) is 15.4. The highest BCUT2D eigenvalue weighted by Gasteiger charge is 2.60. The van der Waals surface area contributed by atoms with Gasteiger partial charge >= 0.3 is 0 Å². The zero-order valence-electron chi connectivity index (χ0n) is 15.4. The molecule has 1 saturated carbocycles. The first-order valence-corrected chi connectivity index (χ1v) is 9.39. The second kappa shape index (κ2) is 7.28. The smallest absolute Gasteiger partial charge is 0.228 e. The molecule has 4 rings (SSSR count). The Hall–Kier alpha value is -3.07. The molecule has 0 aliphatic heterocycles. The summed E-state index contributed by atoms with van der Waals surface area (Å²) in [6.07, 6.45) is 0.809. The minimum Gasteiger partial charge on any atom is -0.492 e. The summed E-state index contributed by atoms with van der Waals surface area (Å²) in [6.45, 7) is 2.50. The molecule has 136 valence electrons. The Morgan fingerprint density at radius 1 is 0.926 bits per heavy atom. The summed E-state index contributed by atoms with van der Waals surface area (Å²) in [4.78, 5) is 13.1. The lowest BCUT2D eigenvalue weighted by Crippen LogP contribution is -2.22. The molecule has 0 bridgehead atoms. The molecule has 1 fully saturated rings. The number of nitrogens with one attached hydrogen (secondary N) is 1. The highest BCUT2D eigenvalue weighted by Crippen LogP contribution is 2.59. The van der Waals surface area contributed by atoms with Gasteiger partial charge in [0.15, 0.2) is 0 Å². The van der Waals surface area contributed by atoms with E-state index in [-0.39, 0.29) is 17.2 Å². The topological polar surface area (TPSA) is 38.3 Å². The van der Waals surface area contributed by atoms with Crippen molar-refractivity contribution in [2.75, 3.05) is 11.9 Å². The maximum atomic E-state index is 13.1. The largest absolute Gasteiger partial charge is 0.492 e. The number of ether oxygens (including phenoxy) is 1. The fourth-order valence-electron chi connectivity index (χ4n) is 3.93. The van der Waals surface area contributed by atoms with Gasteiger partial charge < -0.3 is 10.1 Å². The van der Waals surface area contributed by atoms with E-state index in [1.54, 1.807) is 0 Å². The molecule has 27 heavy (non-hydrogen) atoms. The van der Waals surface area contributed by atoms with Crippen LogP contribution in [0.3, 0.4) is 0 Å². The fraction of sp³-hybridized carbons (Fsp3) is 0.208. The van der Waals surface area contributed by atoms with E-state index >= 15 is 0 Å². The monoisotopic (exact) mass is 357 g/mol. The first-order chi connectivity index (χ1) is 13.3. The molecular weight excluding hydrogens is 334 g/mol. The molecule has 0 saturated heterocycles. The van der Waals surface area contributed by atoms with Crippen LogP contribution in [0, 0.1) is 5.92 Å². The van der Waals surface area contributed by atoms with Gasteiger partial charge in [-0.2, -0.15) is 0 Å². The van der Waals surface area contributed by atoms with E-state index in [1.165, 1.54) is 11.1 Å². The van der Waals surface area contributed by atoms with Crippen molar-refractivity contribution in [1.29, 1.82) is 0 Å². The molecule has 0 radical (unpaired) electrons. The number of carbonyl (C=O) groups excluding carboxylic acids is 1. The Morgan fingerprint density at radius 2 is 1.48 bits per heavy atom. The minimum atomic E-state index is -0.257. The summed E-state index contributed by atoms with van der Waals surface area (Å²) >= 11 is 0. The Labute approximate surface area is 160 Å². The standard InChI is InChI=1S/C24H23NO2/c1-2-27-22-16-10-9-15-21(22)25-23(26)20-17-24(20,18-11-5-3-6-12-18)19-13-7-4-8-14-19/h3-16,20H,2,17H2,1H3,(H,25,26). The van der Waals surface area contributed by atoms with E-state index in [1.807, 2.05) is 67.6 Å². The van der Waals surface area contributed by atoms with Crippen molar-refractivity contribution in [2.45, 2.75) is 18.8 Å². The third-order valence-corrected chi connectivity index (χ3v) is 5.30. The number of carbonyl (C=O) groups is 1. The lowest BCUT2D eigenvalue weighted by atomic mass is 9.85. The van der Waals surface area contributed by atoms with E-state index < -0.39 is 0 Å². The predicted molar refractivity (Wildman–Crippen MR) is 108 cm³/mol. The summed E-state index contributed by atoms with van der Waals surface area (Å²) in [6, 6.07) is 28.3. The van der Waals surface area contributed by atoms with Gasteiger partial charge in [-0.1, -0.05) is 72.8 Å². The molecule has 1 N–H and O–H groups in total. The molecule has 1 unspecified atom stereocenters. The average molecular weight is 357 g/mol. The van der Waals surface area contributed by atoms with Gasteiger partial charge in [0, 0.05) is 5.41 Å². The SMILES string of the molecule is CCOc1ccccc1NC(=O)C1CC1(c1ccccc1)c1ccccc1. The van der Waals surface area contributed by atoms with Crippen LogP contribution in [0.5, 0.6) is 5.75 Å². The predicted octanol–water partition coefficient (Wildman–Crippen LogP) is 5.03. The Bertz CT molecular complexity index is 882. The van der Waals surface area contributed by atoms with E-state index in [4.69, 9.17) is 4.74 Å². The normalized spacial score (nSPS) is 17.1. The molecule has 1 atom stereocenters. The number of amides is 1. The molecule has 0 aromatic heterocycles. The third-order valence-electron chi connectivity index (χ3n) is 5.30. The second-order valence-electron chi connectivity index (χ2n) is 6.88. The molecule has 1 amide bonds. The van der Waals surface area contributed by atoms with E-state index in [2.05, 4.69) is 29.6 Å². The van der Waals surface area contributed by atoms with Crippen molar-refractivity contribution in [2.24, 2.45) is 5.92 Å². The van der Waals surface area contributed by atoms with Crippen molar-refractivity contribution < 1.29 is 9.53 Å². The number of benzene rings is 3. The molecule has 3 aromatic carbocycles. The van der Waals surface area contributed by atoms with Crippen molar-refractivity contribution in [3.63, 3.8) is 0 Å². The number of rotatable bonds is 6. The van der Waals surface area contributed by atoms with Crippen LogP contribution in [0.2, 0.25) is 0 Å². The zero-order chi connectivity index (χ0) is 18.7. The van der Waals surface area contributed by atoms with E-state index in [0.717, 1.165) is 12.1 Å². The van der Waals surface area contributed by atoms with Crippen LogP contribution >= 0.6 is 0 Å². The van der Waals surface area contributed by atoms with Crippen LogP contribution in [0.15, 0.2) is 84.9 Å². The summed E-state index contributed by atoms with van der Waals surface area (Å²) < 4.78 is 5.64. The van der Waals surface area contributed by atoms with E-state index in [9.17, 15) is 4.79 Å². The number of hydrogen-bond donors (Lipinski definition) is 1. The maximum absolute atomic E-state index is 13.1. The number of anilines is 1. The van der Waals surface area contributed by atoms with Gasteiger partial charge in [-0.05, 0) is 36.6 Å². The molecule has 0 spiro atoms. The molecule has 3 heteroatoms. The molecular formula is C24H23NO2. The Balaban J connectivity index is 1.64. The lowest BCUT2D eigenvalue weighted by Gasteiger charge is -2.19. The Morgan fingerprint density at radius 3 is 2.07 bits per heavy atom. The average Bonchev–Trinajstić information content (AvgIpc) is 3.48. The van der Waals surface area contributed by atoms with Crippen LogP contribution in [-0.2, 0) is 10.2 Å². The summed E-state index contributed by atoms with van der Waals surface area (Å²) in [5, 5.41) is 3.09. The molecule has 3 nitrogen and oxygen atoms in total. The van der Waals surface area contributed by atoms with E-state index in [0.29, 0.717) is 12.4 Å². The first-order valence-electron chi connectivity index (χ1n) is 9.39. The van der Waals surface area contributed by atoms with Crippen LogP contribution in [-0.4, -0.2) is 12.5 Å². The molecule has 3 aromatic rings. The van der Waals surface area contributed by atoms with Gasteiger partial charge in [-0.15, -0.1) is 0 Å². The molecule has 0 heterocycles. The maximum Gasteiger partial charge on any atom is 0.228 e. The van der Waals surface area contributed by atoms with Gasteiger partial charge in [0.2, 0.25) is 5.91 Å². The van der Waals surface area contributed by atoms with Gasteiger partial charge in [0.1, 0.15) is 5.75 Å². The molecule has 1 aliphatic carbocycles. The number of hydrogen-bond acceptors (Lipinski definition) is 2. The summed E-state index contributed by atoms with van der Waals surface area (Å²) in [7, 11) is 0. The van der Waals surface area contributed by atoms with Gasteiger partial charge in [-0.3, -0.25) is 4.79 Å². The van der Waals surface area contributed by atoms with Gasteiger partial charge in [-0.25, -0.2) is 0 Å². The third kappa shape index (κ3) is 3.21. The first kappa shape index (κ1) is 17.3. The minimum absolute atomic E-state index is 0.0369.